The fourth-order valence-corrected chi connectivity index (χ4v) is 2.44. The SMILES string of the molecule is CC(C)NCC(OC1CCOCC1)c1ccc(Cl)cc1. The fraction of sp³-hybridized carbons (Fsp3) is 0.625. The van der Waals surface area contributed by atoms with Crippen LogP contribution in [0.15, 0.2) is 24.3 Å². The van der Waals surface area contributed by atoms with Gasteiger partial charge in [0.1, 0.15) is 0 Å². The summed E-state index contributed by atoms with van der Waals surface area (Å²) in [5, 5.41) is 4.22. The molecule has 3 nitrogen and oxygen atoms in total. The van der Waals surface area contributed by atoms with Crippen LogP contribution in [0, 0.1) is 0 Å². The van der Waals surface area contributed by atoms with E-state index in [-0.39, 0.29) is 6.10 Å². The third kappa shape index (κ3) is 5.06. The molecule has 1 aromatic carbocycles. The Balaban J connectivity index is 2.00. The third-order valence-electron chi connectivity index (χ3n) is 3.48. The van der Waals surface area contributed by atoms with Crippen molar-refractivity contribution in [1.82, 2.24) is 5.32 Å². The molecule has 0 amide bonds. The minimum absolute atomic E-state index is 0.0674. The maximum Gasteiger partial charge on any atom is 0.0953 e. The second-order valence-corrected chi connectivity index (χ2v) is 5.99. The van der Waals surface area contributed by atoms with Crippen LogP contribution in [-0.4, -0.2) is 31.9 Å². The minimum Gasteiger partial charge on any atom is -0.381 e. The van der Waals surface area contributed by atoms with E-state index in [2.05, 4.69) is 19.2 Å². The molecular formula is C16H24ClNO2. The number of hydrogen-bond donors (Lipinski definition) is 1. The van der Waals surface area contributed by atoms with Crippen LogP contribution in [-0.2, 0) is 9.47 Å². The van der Waals surface area contributed by atoms with Crippen LogP contribution in [0.25, 0.3) is 0 Å². The van der Waals surface area contributed by atoms with Crippen molar-refractivity contribution in [2.45, 2.75) is 44.9 Å². The van der Waals surface area contributed by atoms with Crippen molar-refractivity contribution in [1.29, 1.82) is 0 Å². The average Bonchev–Trinajstić information content (AvgIpc) is 2.45. The number of halogens is 1. The maximum atomic E-state index is 6.28. The van der Waals surface area contributed by atoms with E-state index in [1.54, 1.807) is 0 Å². The molecule has 1 N–H and O–H groups in total. The zero-order valence-corrected chi connectivity index (χ0v) is 13.0. The Morgan fingerprint density at radius 3 is 2.50 bits per heavy atom. The lowest BCUT2D eigenvalue weighted by atomic mass is 10.1. The van der Waals surface area contributed by atoms with Gasteiger partial charge in [0.05, 0.1) is 12.2 Å². The molecule has 0 saturated carbocycles. The van der Waals surface area contributed by atoms with E-state index in [1.165, 1.54) is 5.56 Å². The van der Waals surface area contributed by atoms with E-state index in [0.717, 1.165) is 37.6 Å². The molecule has 1 aliphatic rings. The second-order valence-electron chi connectivity index (χ2n) is 5.55. The van der Waals surface area contributed by atoms with E-state index in [0.29, 0.717) is 12.1 Å². The Bertz CT molecular complexity index is 388. The molecule has 1 unspecified atom stereocenters. The predicted octanol–water partition coefficient (Wildman–Crippen LogP) is 3.57. The molecule has 0 aliphatic carbocycles. The van der Waals surface area contributed by atoms with Crippen LogP contribution in [0.3, 0.4) is 0 Å². The first-order chi connectivity index (χ1) is 9.65. The van der Waals surface area contributed by atoms with Gasteiger partial charge in [0, 0.05) is 30.8 Å². The van der Waals surface area contributed by atoms with Crippen LogP contribution in [0.4, 0.5) is 0 Å². The molecule has 1 saturated heterocycles. The smallest absolute Gasteiger partial charge is 0.0953 e. The van der Waals surface area contributed by atoms with Crippen molar-refractivity contribution >= 4 is 11.6 Å². The molecule has 1 aromatic rings. The first-order valence-corrected chi connectivity index (χ1v) is 7.75. The molecular weight excluding hydrogens is 274 g/mol. The van der Waals surface area contributed by atoms with Gasteiger partial charge in [-0.25, -0.2) is 0 Å². The molecule has 0 spiro atoms. The summed E-state index contributed by atoms with van der Waals surface area (Å²) in [4.78, 5) is 0. The summed E-state index contributed by atoms with van der Waals surface area (Å²) in [5.41, 5.74) is 1.18. The molecule has 1 aliphatic heterocycles. The summed E-state index contributed by atoms with van der Waals surface area (Å²) in [6.07, 6.45) is 2.31. The first-order valence-electron chi connectivity index (χ1n) is 7.37. The van der Waals surface area contributed by atoms with Gasteiger partial charge >= 0.3 is 0 Å². The highest BCUT2D eigenvalue weighted by molar-refractivity contribution is 6.30. The van der Waals surface area contributed by atoms with E-state index in [9.17, 15) is 0 Å². The molecule has 4 heteroatoms. The van der Waals surface area contributed by atoms with Crippen molar-refractivity contribution in [2.24, 2.45) is 0 Å². The normalized spacial score (nSPS) is 18.4. The lowest BCUT2D eigenvalue weighted by molar-refractivity contribution is -0.0693. The van der Waals surface area contributed by atoms with Crippen LogP contribution in [0.5, 0.6) is 0 Å². The number of benzene rings is 1. The quantitative estimate of drug-likeness (QED) is 0.870. The van der Waals surface area contributed by atoms with Gasteiger partial charge < -0.3 is 14.8 Å². The zero-order chi connectivity index (χ0) is 14.4. The van der Waals surface area contributed by atoms with Crippen LogP contribution >= 0.6 is 11.6 Å². The van der Waals surface area contributed by atoms with Gasteiger partial charge in [-0.15, -0.1) is 0 Å². The molecule has 20 heavy (non-hydrogen) atoms. The number of hydrogen-bond acceptors (Lipinski definition) is 3. The molecule has 1 atom stereocenters. The van der Waals surface area contributed by atoms with E-state index >= 15 is 0 Å². The van der Waals surface area contributed by atoms with Gasteiger partial charge in [0.15, 0.2) is 0 Å². The summed E-state index contributed by atoms with van der Waals surface area (Å²) >= 11 is 5.96. The molecule has 0 bridgehead atoms. The highest BCUT2D eigenvalue weighted by Gasteiger charge is 2.21. The molecule has 0 radical (unpaired) electrons. The second kappa shape index (κ2) is 7.99. The van der Waals surface area contributed by atoms with Gasteiger partial charge in [-0.05, 0) is 30.5 Å². The molecule has 0 aromatic heterocycles. The van der Waals surface area contributed by atoms with E-state index < -0.39 is 0 Å². The molecule has 1 heterocycles. The highest BCUT2D eigenvalue weighted by atomic mass is 35.5. The highest BCUT2D eigenvalue weighted by Crippen LogP contribution is 2.24. The largest absolute Gasteiger partial charge is 0.381 e. The van der Waals surface area contributed by atoms with Crippen LogP contribution in [0.1, 0.15) is 38.4 Å². The summed E-state index contributed by atoms with van der Waals surface area (Å²) in [6, 6.07) is 8.39. The van der Waals surface area contributed by atoms with Crippen molar-refractivity contribution in [3.05, 3.63) is 34.9 Å². The van der Waals surface area contributed by atoms with Gasteiger partial charge in [0.25, 0.3) is 0 Å². The first kappa shape index (κ1) is 15.8. The Hall–Kier alpha value is -0.610. The van der Waals surface area contributed by atoms with E-state index in [4.69, 9.17) is 21.1 Å². The number of rotatable bonds is 6. The van der Waals surface area contributed by atoms with E-state index in [1.807, 2.05) is 24.3 Å². The fourth-order valence-electron chi connectivity index (χ4n) is 2.31. The maximum absolute atomic E-state index is 6.28. The van der Waals surface area contributed by atoms with Gasteiger partial charge in [0.2, 0.25) is 0 Å². The number of ether oxygens (including phenoxy) is 2. The number of nitrogens with one attached hydrogen (secondary N) is 1. The topological polar surface area (TPSA) is 30.5 Å². The third-order valence-corrected chi connectivity index (χ3v) is 3.73. The van der Waals surface area contributed by atoms with Crippen LogP contribution < -0.4 is 5.32 Å². The Labute approximate surface area is 126 Å². The summed E-state index contributed by atoms with van der Waals surface area (Å²) in [6.45, 7) is 6.71. The van der Waals surface area contributed by atoms with Crippen molar-refractivity contribution < 1.29 is 9.47 Å². The predicted molar refractivity (Wildman–Crippen MR) is 82.3 cm³/mol. The standard InChI is InChI=1S/C16H24ClNO2/c1-12(2)18-11-16(13-3-5-14(17)6-4-13)20-15-7-9-19-10-8-15/h3-6,12,15-16,18H,7-11H2,1-2H3. The summed E-state index contributed by atoms with van der Waals surface area (Å²) in [7, 11) is 0. The van der Waals surface area contributed by atoms with Crippen LogP contribution in [0.2, 0.25) is 5.02 Å². The lowest BCUT2D eigenvalue weighted by Gasteiger charge is -2.28. The lowest BCUT2D eigenvalue weighted by Crippen LogP contribution is -2.33. The van der Waals surface area contributed by atoms with Crippen molar-refractivity contribution in [3.8, 4) is 0 Å². The van der Waals surface area contributed by atoms with Gasteiger partial charge in [-0.1, -0.05) is 37.6 Å². The van der Waals surface area contributed by atoms with Crippen molar-refractivity contribution in [2.75, 3.05) is 19.8 Å². The van der Waals surface area contributed by atoms with Gasteiger partial charge in [-0.3, -0.25) is 0 Å². The minimum atomic E-state index is 0.0674. The Morgan fingerprint density at radius 1 is 1.25 bits per heavy atom. The summed E-state index contributed by atoms with van der Waals surface area (Å²) in [5.74, 6) is 0. The Morgan fingerprint density at radius 2 is 1.90 bits per heavy atom. The monoisotopic (exact) mass is 297 g/mol. The summed E-state index contributed by atoms with van der Waals surface area (Å²) < 4.78 is 11.7. The zero-order valence-electron chi connectivity index (χ0n) is 12.3. The molecule has 2 rings (SSSR count). The Kier molecular flexibility index (Phi) is 6.30. The van der Waals surface area contributed by atoms with Gasteiger partial charge in [-0.2, -0.15) is 0 Å². The molecule has 112 valence electrons. The average molecular weight is 298 g/mol. The van der Waals surface area contributed by atoms with Crippen molar-refractivity contribution in [3.63, 3.8) is 0 Å². The molecule has 1 fully saturated rings.